The Morgan fingerprint density at radius 3 is 2.31 bits per heavy atom. The van der Waals surface area contributed by atoms with E-state index in [1.54, 1.807) is 12.3 Å². The van der Waals surface area contributed by atoms with Crippen LogP contribution < -0.4 is 4.90 Å². The molecule has 1 aliphatic heterocycles. The number of carbonyl (C=O) groups excluding carboxylic acids is 1. The summed E-state index contributed by atoms with van der Waals surface area (Å²) in [5.41, 5.74) is 3.28. The lowest BCUT2D eigenvalue weighted by atomic mass is 10.0. The second kappa shape index (κ2) is 15.9. The molecule has 0 radical (unpaired) electrons. The first-order valence-electron chi connectivity index (χ1n) is 10.00. The molecule has 0 bridgehead atoms. The second-order valence-electron chi connectivity index (χ2n) is 6.84. The van der Waals surface area contributed by atoms with Gasteiger partial charge in [-0.1, -0.05) is 36.8 Å². The lowest BCUT2D eigenvalue weighted by Crippen LogP contribution is -2.44. The van der Waals surface area contributed by atoms with Crippen LogP contribution in [-0.4, -0.2) is 47.4 Å². The number of rotatable bonds is 7. The topological polar surface area (TPSA) is 49.9 Å². The highest BCUT2D eigenvalue weighted by Crippen LogP contribution is 2.27. The molecule has 1 saturated heterocycles. The summed E-state index contributed by atoms with van der Waals surface area (Å²) >= 11 is 0. The fraction of sp³-hybridized carbons (Fsp3) is 0.522. The molecule has 0 aromatic heterocycles. The molecule has 1 aliphatic rings. The first-order chi connectivity index (χ1) is 13.9. The smallest absolute Gasteiger partial charge is 0.293 e. The van der Waals surface area contributed by atoms with E-state index in [1.165, 1.54) is 0 Å². The summed E-state index contributed by atoms with van der Waals surface area (Å²) in [5.74, 6) is 0. The molecule has 0 N–H and O–H groups in total. The molecule has 0 saturated carbocycles. The van der Waals surface area contributed by atoms with Crippen LogP contribution in [0.3, 0.4) is 0 Å². The van der Waals surface area contributed by atoms with Gasteiger partial charge in [-0.25, -0.2) is 8.51 Å². The lowest BCUT2D eigenvalue weighted by Gasteiger charge is -2.37. The van der Waals surface area contributed by atoms with Gasteiger partial charge in [-0.05, 0) is 39.2 Å². The van der Waals surface area contributed by atoms with Crippen LogP contribution in [0.4, 0.5) is 5.69 Å². The molecule has 6 heteroatoms. The van der Waals surface area contributed by atoms with Gasteiger partial charge in [-0.15, -0.1) is 13.2 Å². The molecule has 2 rings (SSSR count). The van der Waals surface area contributed by atoms with Crippen molar-refractivity contribution >= 4 is 23.1 Å². The van der Waals surface area contributed by atoms with Gasteiger partial charge in [0.1, 0.15) is 6.61 Å². The molecule has 1 fully saturated rings. The quantitative estimate of drug-likeness (QED) is 0.475. The van der Waals surface area contributed by atoms with Crippen LogP contribution in [0.5, 0.6) is 0 Å². The normalized spacial score (nSPS) is 14.9. The molecule has 1 aromatic rings. The Bertz CT molecular complexity index is 641. The lowest BCUT2D eigenvalue weighted by molar-refractivity contribution is -0.129. The predicted molar refractivity (Wildman–Crippen MR) is 125 cm³/mol. The van der Waals surface area contributed by atoms with E-state index >= 15 is 0 Å². The molecule has 1 atom stereocenters. The zero-order valence-corrected chi connectivity index (χ0v) is 19.5. The second-order valence-corrected chi connectivity index (χ2v) is 8.20. The highest BCUT2D eigenvalue weighted by Gasteiger charge is 2.25. The first-order valence-corrected chi connectivity index (χ1v) is 11.5. The van der Waals surface area contributed by atoms with E-state index in [9.17, 15) is 9.00 Å². The van der Waals surface area contributed by atoms with Gasteiger partial charge in [-0.2, -0.15) is 0 Å². The van der Waals surface area contributed by atoms with Gasteiger partial charge in [0.2, 0.25) is 0 Å². The van der Waals surface area contributed by atoms with Crippen LogP contribution in [0.25, 0.3) is 0 Å². The fourth-order valence-electron chi connectivity index (χ4n) is 2.98. The van der Waals surface area contributed by atoms with E-state index in [2.05, 4.69) is 50.2 Å². The Balaban J connectivity index is 0.000000975. The maximum Gasteiger partial charge on any atom is 0.293 e. The molecule has 1 unspecified atom stereocenters. The van der Waals surface area contributed by atoms with Crippen molar-refractivity contribution in [2.24, 2.45) is 0 Å². The zero-order chi connectivity index (χ0) is 22.2. The van der Waals surface area contributed by atoms with Crippen LogP contribution >= 0.6 is 0 Å². The first kappa shape index (κ1) is 27.1. The third-order valence-corrected chi connectivity index (χ3v) is 5.64. The Morgan fingerprint density at radius 2 is 1.86 bits per heavy atom. The monoisotopic (exact) mass is 422 g/mol. The number of hydrogen-bond acceptors (Lipinski definition) is 4. The molecule has 1 heterocycles. The van der Waals surface area contributed by atoms with E-state index in [4.69, 9.17) is 4.74 Å². The molecule has 5 nitrogen and oxygen atoms in total. The van der Waals surface area contributed by atoms with Crippen molar-refractivity contribution in [1.82, 2.24) is 4.31 Å². The van der Waals surface area contributed by atoms with Crippen LogP contribution in [0.1, 0.15) is 44.2 Å². The van der Waals surface area contributed by atoms with E-state index < -0.39 is 11.0 Å². The third kappa shape index (κ3) is 10.4. The summed E-state index contributed by atoms with van der Waals surface area (Å²) in [6.45, 7) is 15.3. The number of anilines is 1. The maximum atomic E-state index is 11.5. The summed E-state index contributed by atoms with van der Waals surface area (Å²) in [7, 11) is 1.20. The van der Waals surface area contributed by atoms with Crippen LogP contribution in [0, 0.1) is 6.92 Å². The van der Waals surface area contributed by atoms with Crippen LogP contribution in [0.15, 0.2) is 43.5 Å². The number of piperidine rings is 1. The van der Waals surface area contributed by atoms with Gasteiger partial charge in [0.05, 0.1) is 11.0 Å². The third-order valence-electron chi connectivity index (χ3n) is 4.55. The van der Waals surface area contributed by atoms with Crippen molar-refractivity contribution in [2.75, 3.05) is 31.3 Å². The number of carbonyl (C=O) groups is 1. The number of aryl methyl sites for hydroxylation is 1. The van der Waals surface area contributed by atoms with E-state index in [0.717, 1.165) is 49.2 Å². The summed E-state index contributed by atoms with van der Waals surface area (Å²) < 4.78 is 18.5. The minimum atomic E-state index is -0.880. The maximum absolute atomic E-state index is 11.5. The minimum Gasteiger partial charge on any atom is -0.463 e. The van der Waals surface area contributed by atoms with Gasteiger partial charge in [0.15, 0.2) is 0 Å². The Hall–Kier alpha value is -1.92. The number of ether oxygens (including phenoxy) is 1. The number of benzene rings is 1. The summed E-state index contributed by atoms with van der Waals surface area (Å²) in [4.78, 5) is 12.7. The van der Waals surface area contributed by atoms with Crippen molar-refractivity contribution in [3.8, 4) is 0 Å². The SMILES string of the molecule is C=CC.C=CCC.Cc1ccc(N(C)C2CCN(S(C)=O)CC2)c(COC=O)c1. The summed E-state index contributed by atoms with van der Waals surface area (Å²) in [6, 6.07) is 6.64. The molecule has 1 aromatic carbocycles. The van der Waals surface area contributed by atoms with Crippen molar-refractivity contribution < 1.29 is 13.7 Å². The highest BCUT2D eigenvalue weighted by atomic mass is 32.2. The van der Waals surface area contributed by atoms with E-state index in [-0.39, 0.29) is 0 Å². The van der Waals surface area contributed by atoms with Gasteiger partial charge in [0, 0.05) is 43.7 Å². The van der Waals surface area contributed by atoms with Crippen molar-refractivity contribution in [2.45, 2.75) is 52.7 Å². The van der Waals surface area contributed by atoms with E-state index in [0.29, 0.717) is 19.1 Å². The van der Waals surface area contributed by atoms with E-state index in [1.807, 2.05) is 24.2 Å². The number of hydrogen-bond donors (Lipinski definition) is 0. The Morgan fingerprint density at radius 1 is 1.31 bits per heavy atom. The average molecular weight is 423 g/mol. The molecular weight excluding hydrogens is 384 g/mol. The summed E-state index contributed by atoms with van der Waals surface area (Å²) in [5, 5.41) is 0. The number of allylic oxidation sites excluding steroid dienone is 2. The van der Waals surface area contributed by atoms with Crippen molar-refractivity contribution in [3.63, 3.8) is 0 Å². The van der Waals surface area contributed by atoms with Crippen molar-refractivity contribution in [1.29, 1.82) is 0 Å². The predicted octanol–water partition coefficient (Wildman–Crippen LogP) is 4.64. The molecule has 0 aliphatic carbocycles. The minimum absolute atomic E-state index is 0.294. The Labute approximate surface area is 180 Å². The van der Waals surface area contributed by atoms with Crippen LogP contribution in [0.2, 0.25) is 0 Å². The molecule has 29 heavy (non-hydrogen) atoms. The van der Waals surface area contributed by atoms with Gasteiger partial charge >= 0.3 is 0 Å². The van der Waals surface area contributed by atoms with Gasteiger partial charge < -0.3 is 9.64 Å². The Kier molecular flexibility index (Phi) is 14.9. The standard InChI is InChI=1S/C16H24N2O3S.C4H8.C3H6/c1-13-4-5-16(14(10-13)11-21-12-19)17(2)15-6-8-18(9-7-15)22(3)20;1-3-4-2;1-3-2/h4-5,10,12,15H,6-9,11H2,1-3H3;3H,1,4H2,2H3;3H,1H2,2H3. The molecule has 164 valence electrons. The fourth-order valence-corrected chi connectivity index (χ4v) is 3.71. The molecule has 0 spiro atoms. The highest BCUT2D eigenvalue weighted by molar-refractivity contribution is 7.81. The van der Waals surface area contributed by atoms with Crippen LogP contribution in [-0.2, 0) is 27.1 Å². The largest absolute Gasteiger partial charge is 0.463 e. The summed E-state index contributed by atoms with van der Waals surface area (Å²) in [6.07, 6.45) is 8.41. The van der Waals surface area contributed by atoms with Gasteiger partial charge in [-0.3, -0.25) is 4.79 Å². The zero-order valence-electron chi connectivity index (χ0n) is 18.7. The average Bonchev–Trinajstić information content (AvgIpc) is 2.72. The number of nitrogens with zero attached hydrogens (tertiary/aromatic N) is 2. The molecule has 0 amide bonds. The van der Waals surface area contributed by atoms with Gasteiger partial charge in [0.25, 0.3) is 6.47 Å². The van der Waals surface area contributed by atoms with Crippen molar-refractivity contribution in [3.05, 3.63) is 54.6 Å². The molecular formula is C23H38N2O3S.